The fraction of sp³-hybridized carbons (Fsp3) is 0.362. The van der Waals surface area contributed by atoms with Gasteiger partial charge in [0, 0.05) is 17.5 Å². The van der Waals surface area contributed by atoms with Crippen LogP contribution in [0.4, 0.5) is 9.59 Å². The molecule has 4 aromatic carbocycles. The molecule has 3 aliphatic rings. The largest absolute Gasteiger partial charge is 0.488 e. The first-order chi connectivity index (χ1) is 30.1. The first-order valence-corrected chi connectivity index (χ1v) is 21.2. The molecule has 0 radical (unpaired) electrons. The number of rotatable bonds is 12. The summed E-state index contributed by atoms with van der Waals surface area (Å²) >= 11 is 0. The van der Waals surface area contributed by atoms with Crippen molar-refractivity contribution in [2.45, 2.75) is 76.7 Å². The molecule has 1 saturated carbocycles. The molecular formula is C47H50N8O7. The minimum atomic E-state index is -0.895. The number of likely N-dealkylation sites (tertiary alicyclic amines) is 1. The van der Waals surface area contributed by atoms with Crippen LogP contribution in [0.25, 0.3) is 44.2 Å². The lowest BCUT2D eigenvalue weighted by Gasteiger charge is -2.28. The monoisotopic (exact) mass is 838 g/mol. The van der Waals surface area contributed by atoms with Crippen LogP contribution in [0.5, 0.6) is 5.75 Å². The van der Waals surface area contributed by atoms with Gasteiger partial charge in [-0.2, -0.15) is 0 Å². The smallest absolute Gasteiger partial charge is 0.407 e. The Bertz CT molecular complexity index is 2670. The normalized spacial score (nSPS) is 17.1. The number of fused-ring (bicyclic) bond motifs is 6. The van der Waals surface area contributed by atoms with Crippen LogP contribution in [0, 0.1) is 11.8 Å². The number of ether oxygens (including phenoxy) is 3. The van der Waals surface area contributed by atoms with Gasteiger partial charge in [-0.15, -0.1) is 0 Å². The summed E-state index contributed by atoms with van der Waals surface area (Å²) < 4.78 is 16.1. The second kappa shape index (κ2) is 16.9. The van der Waals surface area contributed by atoms with Gasteiger partial charge in [0.2, 0.25) is 5.91 Å². The van der Waals surface area contributed by atoms with Crippen LogP contribution in [-0.4, -0.2) is 75.6 Å². The minimum absolute atomic E-state index is 0.151. The summed E-state index contributed by atoms with van der Waals surface area (Å²) in [6.07, 6.45) is 4.97. The maximum Gasteiger partial charge on any atom is 0.407 e. The molecule has 2 aliphatic heterocycles. The second-order valence-corrected chi connectivity index (χ2v) is 16.8. The Morgan fingerprint density at radius 3 is 2.44 bits per heavy atom. The number of nitrogens with one attached hydrogen (secondary N) is 5. The fourth-order valence-electron chi connectivity index (χ4n) is 8.80. The Balaban J connectivity index is 0.954. The van der Waals surface area contributed by atoms with Crippen molar-refractivity contribution in [3.8, 4) is 28.1 Å². The van der Waals surface area contributed by atoms with Crippen LogP contribution in [0.1, 0.15) is 86.9 Å². The van der Waals surface area contributed by atoms with Crippen LogP contribution in [0.15, 0.2) is 79.0 Å². The summed E-state index contributed by atoms with van der Waals surface area (Å²) in [6, 6.07) is 21.4. The van der Waals surface area contributed by atoms with Crippen molar-refractivity contribution in [2.24, 2.45) is 11.8 Å². The zero-order chi connectivity index (χ0) is 43.1. The third-order valence-electron chi connectivity index (χ3n) is 12.3. The van der Waals surface area contributed by atoms with Gasteiger partial charge >= 0.3 is 12.2 Å². The Morgan fingerprint density at radius 1 is 0.887 bits per heavy atom. The molecule has 1 aliphatic carbocycles. The number of hydrogen-bond donors (Lipinski definition) is 5. The van der Waals surface area contributed by atoms with E-state index >= 15 is 0 Å². The summed E-state index contributed by atoms with van der Waals surface area (Å²) in [5.41, 5.74) is 7.19. The number of imidazole rings is 2. The number of carbonyl (C=O) groups is 4. The molecule has 320 valence electrons. The lowest BCUT2D eigenvalue weighted by molar-refractivity contribution is -0.134. The molecule has 4 heterocycles. The average Bonchev–Trinajstić information content (AvgIpc) is 3.62. The number of hydrogen-bond acceptors (Lipinski definition) is 9. The molecule has 4 atom stereocenters. The van der Waals surface area contributed by atoms with Crippen molar-refractivity contribution in [3.05, 3.63) is 102 Å². The quantitative estimate of drug-likeness (QED) is 0.0819. The summed E-state index contributed by atoms with van der Waals surface area (Å²) in [5.74, 6) is 1.97. The van der Waals surface area contributed by atoms with Crippen LogP contribution in [0.2, 0.25) is 0 Å². The van der Waals surface area contributed by atoms with E-state index in [1.807, 2.05) is 50.2 Å². The number of carbonyl (C=O) groups excluding carboxylic acids is 4. The summed E-state index contributed by atoms with van der Waals surface area (Å²) in [4.78, 5) is 70.4. The van der Waals surface area contributed by atoms with E-state index in [4.69, 9.17) is 24.2 Å². The van der Waals surface area contributed by atoms with Crippen molar-refractivity contribution in [2.75, 3.05) is 20.8 Å². The Morgan fingerprint density at radius 2 is 1.68 bits per heavy atom. The molecule has 1 saturated heterocycles. The Kier molecular flexibility index (Phi) is 11.0. The molecular weight excluding hydrogens is 789 g/mol. The van der Waals surface area contributed by atoms with E-state index in [1.165, 1.54) is 14.2 Å². The van der Waals surface area contributed by atoms with Gasteiger partial charge in [-0.3, -0.25) is 9.59 Å². The zero-order valence-corrected chi connectivity index (χ0v) is 35.1. The maximum atomic E-state index is 14.0. The summed E-state index contributed by atoms with van der Waals surface area (Å²) in [7, 11) is 2.56. The van der Waals surface area contributed by atoms with E-state index < -0.39 is 24.3 Å². The lowest BCUT2D eigenvalue weighted by Crippen LogP contribution is -2.50. The predicted molar refractivity (Wildman–Crippen MR) is 232 cm³/mol. The Hall–Kier alpha value is -6.90. The molecule has 6 aromatic rings. The number of nitrogens with zero attached hydrogens (tertiary/aromatic N) is 3. The predicted octanol–water partition coefficient (Wildman–Crippen LogP) is 7.76. The number of H-pyrrole nitrogens is 2. The number of benzene rings is 4. The highest BCUT2D eigenvalue weighted by molar-refractivity contribution is 6.07. The highest BCUT2D eigenvalue weighted by atomic mass is 16.5. The number of alkyl carbamates (subject to hydrolysis) is 2. The van der Waals surface area contributed by atoms with Crippen LogP contribution in [-0.2, 0) is 25.7 Å². The van der Waals surface area contributed by atoms with Gasteiger partial charge in [0.05, 0.1) is 49.2 Å². The van der Waals surface area contributed by atoms with Crippen molar-refractivity contribution in [3.63, 3.8) is 0 Å². The highest BCUT2D eigenvalue weighted by Gasteiger charge is 2.37. The molecule has 0 spiro atoms. The molecule has 0 unspecified atom stereocenters. The molecule has 62 heavy (non-hydrogen) atoms. The molecule has 2 aromatic heterocycles. The van der Waals surface area contributed by atoms with E-state index in [-0.39, 0.29) is 29.8 Å². The van der Waals surface area contributed by atoms with Gasteiger partial charge in [-0.25, -0.2) is 19.6 Å². The summed E-state index contributed by atoms with van der Waals surface area (Å²) in [5, 5.41) is 10.5. The number of aromatic amines is 2. The molecule has 15 nitrogen and oxygen atoms in total. The average molecular weight is 839 g/mol. The van der Waals surface area contributed by atoms with E-state index in [2.05, 4.69) is 62.3 Å². The van der Waals surface area contributed by atoms with Gasteiger partial charge in [-0.1, -0.05) is 75.2 Å². The number of amides is 4. The topological polar surface area (TPSA) is 193 Å². The van der Waals surface area contributed by atoms with Crippen molar-refractivity contribution in [1.82, 2.24) is 40.8 Å². The van der Waals surface area contributed by atoms with Crippen molar-refractivity contribution >= 4 is 45.8 Å². The Labute approximate surface area is 358 Å². The van der Waals surface area contributed by atoms with E-state index in [1.54, 1.807) is 11.1 Å². The molecule has 0 bridgehead atoms. The first-order valence-electron chi connectivity index (χ1n) is 21.2. The SMILES string of the molecule is COC(=O)N[C@H](C(=O)N[C@@H](CC1CC1)c1nc2ccc3cc4c(cc3c2[nH]1)OCc1cc(-c2cnc([C@@H]3CCCN3C(=O)[C@H](NC(=O)OC)c3ccccc3)[nH]2)ccc1-4)C(C)C. The minimum Gasteiger partial charge on any atom is -0.488 e. The lowest BCUT2D eigenvalue weighted by atomic mass is 9.92. The third-order valence-corrected chi connectivity index (χ3v) is 12.3. The first kappa shape index (κ1) is 40.5. The number of methoxy groups -OCH3 is 2. The van der Waals surface area contributed by atoms with Gasteiger partial charge in [-0.05, 0) is 83.0 Å². The fourth-order valence-corrected chi connectivity index (χ4v) is 8.80. The molecule has 9 rings (SSSR count). The van der Waals surface area contributed by atoms with Gasteiger partial charge in [0.25, 0.3) is 5.91 Å². The van der Waals surface area contributed by atoms with Crippen LogP contribution in [0.3, 0.4) is 0 Å². The van der Waals surface area contributed by atoms with E-state index in [0.29, 0.717) is 36.3 Å². The zero-order valence-electron chi connectivity index (χ0n) is 35.1. The van der Waals surface area contributed by atoms with Gasteiger partial charge in [0.1, 0.15) is 36.1 Å². The van der Waals surface area contributed by atoms with Gasteiger partial charge < -0.3 is 45.0 Å². The van der Waals surface area contributed by atoms with E-state index in [9.17, 15) is 19.2 Å². The standard InChI is InChI=1S/C47H50N8O7/c1-25(2)39(53-46(58)60-3)44(56)51-35(19-26-12-13-26)42-49-34-17-15-28-21-33-31-16-14-29(20-30(31)24-62-38(33)22-32(28)41(34)52-42)36-23-48-43(50-36)37-11-8-18-55(37)45(57)40(54-47(59)61-4)27-9-6-5-7-10-27/h5-7,9-10,14-17,20-23,25-26,35,37,39-40H,8,11-13,18-19,24H2,1-4H3,(H,48,50)(H,49,52)(H,51,56)(H,53,58)(H,54,59)/t35-,37-,39-,40+/m0/s1. The molecule has 15 heteroatoms. The van der Waals surface area contributed by atoms with Crippen molar-refractivity contribution < 1.29 is 33.4 Å². The van der Waals surface area contributed by atoms with Crippen LogP contribution < -0.4 is 20.7 Å². The molecule has 5 N–H and O–H groups in total. The van der Waals surface area contributed by atoms with E-state index in [0.717, 1.165) is 87.6 Å². The van der Waals surface area contributed by atoms with Crippen molar-refractivity contribution in [1.29, 1.82) is 0 Å². The molecule has 4 amide bonds. The second-order valence-electron chi connectivity index (χ2n) is 16.8. The third kappa shape index (κ3) is 8.02. The van der Waals surface area contributed by atoms with Crippen LogP contribution >= 0.6 is 0 Å². The highest BCUT2D eigenvalue weighted by Crippen LogP contribution is 2.44. The van der Waals surface area contributed by atoms with Gasteiger partial charge in [0.15, 0.2) is 0 Å². The number of aromatic nitrogens is 4. The molecule has 2 fully saturated rings. The summed E-state index contributed by atoms with van der Waals surface area (Å²) in [6.45, 7) is 4.68. The maximum absolute atomic E-state index is 14.0.